The van der Waals surface area contributed by atoms with Gasteiger partial charge in [-0.25, -0.2) is 10.2 Å². The van der Waals surface area contributed by atoms with Crippen molar-refractivity contribution < 1.29 is 17.9 Å². The van der Waals surface area contributed by atoms with E-state index in [0.717, 1.165) is 12.7 Å². The van der Waals surface area contributed by atoms with Gasteiger partial charge < -0.3 is 9.64 Å². The van der Waals surface area contributed by atoms with E-state index in [9.17, 15) is 13.2 Å². The van der Waals surface area contributed by atoms with E-state index in [2.05, 4.69) is 9.13 Å². The first kappa shape index (κ1) is 18.7. The van der Waals surface area contributed by atoms with E-state index >= 15 is 0 Å². The average Bonchev–Trinajstić information content (AvgIpc) is 2.53. The van der Waals surface area contributed by atoms with E-state index in [4.69, 9.17) is 0 Å². The first-order chi connectivity index (χ1) is 10.8. The summed E-state index contributed by atoms with van der Waals surface area (Å²) in [4.78, 5) is 14.4. The highest BCUT2D eigenvalue weighted by molar-refractivity contribution is 7.88. The third-order valence-corrected chi connectivity index (χ3v) is 3.49. The molecule has 0 saturated heterocycles. The van der Waals surface area contributed by atoms with Crippen LogP contribution in [0.3, 0.4) is 0 Å². The predicted molar refractivity (Wildman–Crippen MR) is 88.8 cm³/mol. The molecule has 0 heterocycles. The van der Waals surface area contributed by atoms with E-state index < -0.39 is 16.3 Å². The molecule has 8 nitrogen and oxygen atoms in total. The summed E-state index contributed by atoms with van der Waals surface area (Å²) in [5.74, 6) is 0.220. The Balaban J connectivity index is 3.17. The number of methoxy groups -OCH3 is 1. The van der Waals surface area contributed by atoms with E-state index in [-0.39, 0.29) is 5.84 Å². The first-order valence-corrected chi connectivity index (χ1v) is 8.09. The second kappa shape index (κ2) is 8.30. The Kier molecular flexibility index (Phi) is 6.73. The first-order valence-electron chi connectivity index (χ1n) is 6.65. The number of carbonyl (C=O) groups is 1. The molecule has 1 rings (SSSR count). The fourth-order valence-electron chi connectivity index (χ4n) is 1.71. The molecule has 0 radical (unpaired) electrons. The van der Waals surface area contributed by atoms with Crippen molar-refractivity contribution in [2.45, 2.75) is 6.92 Å². The fraction of sp³-hybridized carbons (Fsp3) is 0.286. The molecule has 0 spiro atoms. The normalized spacial score (nSPS) is 12.7. The second-order valence-electron chi connectivity index (χ2n) is 4.57. The molecular formula is C14H20N4O4S. The minimum Gasteiger partial charge on any atom is -0.452 e. The molecular weight excluding hydrogens is 320 g/mol. The van der Waals surface area contributed by atoms with Crippen molar-refractivity contribution >= 4 is 27.7 Å². The van der Waals surface area contributed by atoms with Crippen LogP contribution in [-0.4, -0.2) is 46.5 Å². The highest BCUT2D eigenvalue weighted by Gasteiger charge is 2.17. The lowest BCUT2D eigenvalue weighted by Gasteiger charge is -2.19. The Morgan fingerprint density at radius 3 is 2.35 bits per heavy atom. The maximum absolute atomic E-state index is 12.0. The van der Waals surface area contributed by atoms with Crippen molar-refractivity contribution in [3.05, 3.63) is 42.0 Å². The van der Waals surface area contributed by atoms with Crippen molar-refractivity contribution in [3.8, 4) is 0 Å². The molecule has 23 heavy (non-hydrogen) atoms. The minimum absolute atomic E-state index is 0.220. The van der Waals surface area contributed by atoms with Crippen LogP contribution in [0.15, 0.2) is 40.8 Å². The standard InChI is InChI=1S/C14H20N4O4S/c1-5-12(11-9-7-6-8-10-11)13(18(2)3)16-23(20,21)17-15-14(19)22-4/h5-10,17H,1-4H3,(H,15,19)/b12-5+,16-13-. The smallest absolute Gasteiger partial charge is 0.422 e. The number of amides is 1. The van der Waals surface area contributed by atoms with E-state index in [0.29, 0.717) is 5.57 Å². The molecule has 0 atom stereocenters. The van der Waals surface area contributed by atoms with Crippen LogP contribution in [0, 0.1) is 0 Å². The molecule has 0 bridgehead atoms. The Hall–Kier alpha value is -2.39. The van der Waals surface area contributed by atoms with Gasteiger partial charge >= 0.3 is 16.3 Å². The van der Waals surface area contributed by atoms with Gasteiger partial charge in [0.1, 0.15) is 5.84 Å². The summed E-state index contributed by atoms with van der Waals surface area (Å²) in [7, 11) is 0.316. The highest BCUT2D eigenvalue weighted by Crippen LogP contribution is 2.17. The van der Waals surface area contributed by atoms with Gasteiger partial charge in [-0.15, -0.1) is 9.23 Å². The number of ether oxygens (including phenoxy) is 1. The summed E-state index contributed by atoms with van der Waals surface area (Å²) in [6, 6.07) is 9.25. The molecule has 0 fully saturated rings. The largest absolute Gasteiger partial charge is 0.452 e. The van der Waals surface area contributed by atoms with Gasteiger partial charge in [-0.3, -0.25) is 0 Å². The lowest BCUT2D eigenvalue weighted by Crippen LogP contribution is -2.41. The Morgan fingerprint density at radius 1 is 1.26 bits per heavy atom. The van der Waals surface area contributed by atoms with Crippen molar-refractivity contribution in [3.63, 3.8) is 0 Å². The van der Waals surface area contributed by atoms with Crippen molar-refractivity contribution in [1.29, 1.82) is 0 Å². The third-order valence-electron chi connectivity index (χ3n) is 2.71. The topological polar surface area (TPSA) is 100 Å². The van der Waals surface area contributed by atoms with Crippen LogP contribution in [0.2, 0.25) is 0 Å². The molecule has 1 amide bonds. The zero-order valence-electron chi connectivity index (χ0n) is 13.4. The summed E-state index contributed by atoms with van der Waals surface area (Å²) < 4.78 is 32.0. The molecule has 0 unspecified atom stereocenters. The number of benzene rings is 1. The number of amidine groups is 1. The fourth-order valence-corrected chi connectivity index (χ4v) is 2.46. The summed E-state index contributed by atoms with van der Waals surface area (Å²) in [5, 5.41) is 0. The number of hydrogen-bond acceptors (Lipinski definition) is 4. The third kappa shape index (κ3) is 5.72. The molecule has 0 aliphatic heterocycles. The monoisotopic (exact) mass is 340 g/mol. The van der Waals surface area contributed by atoms with E-state index in [1.165, 1.54) is 0 Å². The predicted octanol–water partition coefficient (Wildman–Crippen LogP) is 1.16. The van der Waals surface area contributed by atoms with Gasteiger partial charge in [-0.2, -0.15) is 8.42 Å². The van der Waals surface area contributed by atoms with Crippen molar-refractivity contribution in [2.75, 3.05) is 21.2 Å². The molecule has 126 valence electrons. The number of nitrogens with one attached hydrogen (secondary N) is 2. The van der Waals surface area contributed by atoms with Crippen LogP contribution in [0.1, 0.15) is 12.5 Å². The lowest BCUT2D eigenvalue weighted by atomic mass is 10.0. The Morgan fingerprint density at radius 2 is 1.87 bits per heavy atom. The lowest BCUT2D eigenvalue weighted by molar-refractivity contribution is 0.169. The van der Waals surface area contributed by atoms with Crippen molar-refractivity contribution in [2.24, 2.45) is 4.40 Å². The molecule has 1 aromatic carbocycles. The summed E-state index contributed by atoms with van der Waals surface area (Å²) in [6.45, 7) is 1.79. The van der Waals surface area contributed by atoms with Gasteiger partial charge in [0.25, 0.3) is 0 Å². The van der Waals surface area contributed by atoms with Crippen LogP contribution < -0.4 is 10.3 Å². The second-order valence-corrected chi connectivity index (χ2v) is 5.91. The minimum atomic E-state index is -4.15. The van der Waals surface area contributed by atoms with Crippen LogP contribution >= 0.6 is 0 Å². The molecule has 9 heteroatoms. The number of hydrazine groups is 1. The maximum atomic E-state index is 12.0. The van der Waals surface area contributed by atoms with Gasteiger partial charge in [0.15, 0.2) is 0 Å². The van der Waals surface area contributed by atoms with Crippen LogP contribution in [0.25, 0.3) is 5.57 Å². The number of hydrogen-bond donors (Lipinski definition) is 2. The maximum Gasteiger partial charge on any atom is 0.422 e. The van der Waals surface area contributed by atoms with Crippen LogP contribution in [0.5, 0.6) is 0 Å². The van der Waals surface area contributed by atoms with Gasteiger partial charge in [-0.1, -0.05) is 36.4 Å². The Bertz CT molecular complexity index is 697. The van der Waals surface area contributed by atoms with Crippen LogP contribution in [-0.2, 0) is 14.9 Å². The SMILES string of the molecule is C/C=C(/C(=N/S(=O)(=O)NNC(=O)OC)N(C)C)c1ccccc1. The quantitative estimate of drug-likeness (QED) is 0.476. The van der Waals surface area contributed by atoms with Crippen molar-refractivity contribution in [1.82, 2.24) is 15.2 Å². The van der Waals surface area contributed by atoms with Gasteiger partial charge in [0.2, 0.25) is 0 Å². The summed E-state index contributed by atoms with van der Waals surface area (Å²) >= 11 is 0. The zero-order chi connectivity index (χ0) is 17.5. The summed E-state index contributed by atoms with van der Waals surface area (Å²) in [5.41, 5.74) is 3.33. The molecule has 0 aromatic heterocycles. The van der Waals surface area contributed by atoms with E-state index in [1.807, 2.05) is 40.6 Å². The highest BCUT2D eigenvalue weighted by atomic mass is 32.2. The van der Waals surface area contributed by atoms with E-state index in [1.54, 1.807) is 32.0 Å². The number of likely N-dealkylation sites (N-methyl/N-ethyl adjacent to an activating group) is 1. The molecule has 0 aliphatic rings. The number of carbonyl (C=O) groups excluding carboxylic acids is 1. The van der Waals surface area contributed by atoms with Gasteiger partial charge in [0, 0.05) is 19.7 Å². The van der Waals surface area contributed by atoms with Gasteiger partial charge in [0.05, 0.1) is 7.11 Å². The average molecular weight is 340 g/mol. The zero-order valence-corrected chi connectivity index (χ0v) is 14.2. The van der Waals surface area contributed by atoms with Gasteiger partial charge in [-0.05, 0) is 12.5 Å². The molecule has 1 aromatic rings. The summed E-state index contributed by atoms with van der Waals surface area (Å²) in [6.07, 6.45) is 0.821. The molecule has 0 saturated carbocycles. The number of nitrogens with zero attached hydrogens (tertiary/aromatic N) is 2. The number of allylic oxidation sites excluding steroid dienone is 1. The molecule has 0 aliphatic carbocycles. The number of rotatable bonds is 5. The Labute approximate surface area is 136 Å². The van der Waals surface area contributed by atoms with Crippen LogP contribution in [0.4, 0.5) is 4.79 Å². The molecule has 2 N–H and O–H groups in total.